The number of rotatable bonds is 3. The second kappa shape index (κ2) is 5.33. The summed E-state index contributed by atoms with van der Waals surface area (Å²) in [6.07, 6.45) is 8.41. The molecule has 1 atom stereocenters. The van der Waals surface area contributed by atoms with Crippen LogP contribution in [-0.2, 0) is 4.74 Å². The van der Waals surface area contributed by atoms with Crippen LogP contribution >= 0.6 is 0 Å². The van der Waals surface area contributed by atoms with Gasteiger partial charge in [-0.05, 0) is 26.4 Å². The van der Waals surface area contributed by atoms with Crippen LogP contribution in [0.15, 0.2) is 12.2 Å². The molecular weight excluding hydrogens is 150 g/mol. The summed E-state index contributed by atoms with van der Waals surface area (Å²) in [6.45, 7) is 1.98. The first-order valence-electron chi connectivity index (χ1n) is 4.70. The molecule has 1 rings (SSSR count). The highest BCUT2D eigenvalue weighted by atomic mass is 16.5. The molecule has 12 heavy (non-hydrogen) atoms. The first kappa shape index (κ1) is 9.75. The number of likely N-dealkylation sites (N-methyl/N-ethyl adjacent to an activating group) is 1. The smallest absolute Gasteiger partial charge is 0.0644 e. The van der Waals surface area contributed by atoms with Gasteiger partial charge in [0, 0.05) is 13.2 Å². The van der Waals surface area contributed by atoms with Crippen molar-refractivity contribution in [2.45, 2.75) is 25.3 Å². The summed E-state index contributed by atoms with van der Waals surface area (Å²) in [7, 11) is 3.93. The van der Waals surface area contributed by atoms with Gasteiger partial charge < -0.3 is 4.74 Å². The van der Waals surface area contributed by atoms with Crippen LogP contribution in [0.5, 0.6) is 0 Å². The van der Waals surface area contributed by atoms with Crippen molar-refractivity contribution < 1.29 is 4.74 Å². The minimum absolute atomic E-state index is 0.647. The van der Waals surface area contributed by atoms with Gasteiger partial charge in [-0.25, -0.2) is 0 Å². The Kier molecular flexibility index (Phi) is 4.33. The Morgan fingerprint density at radius 2 is 2.33 bits per heavy atom. The van der Waals surface area contributed by atoms with Crippen molar-refractivity contribution in [1.82, 2.24) is 4.90 Å². The highest BCUT2D eigenvalue weighted by Gasteiger charge is 2.14. The highest BCUT2D eigenvalue weighted by molar-refractivity contribution is 4.95. The summed E-state index contributed by atoms with van der Waals surface area (Å²) in [5, 5.41) is 0. The Morgan fingerprint density at radius 1 is 1.50 bits per heavy atom. The maximum absolute atomic E-state index is 4.96. The van der Waals surface area contributed by atoms with Crippen molar-refractivity contribution >= 4 is 0 Å². The molecule has 0 spiro atoms. The molecule has 0 bridgehead atoms. The molecule has 0 N–H and O–H groups in total. The normalized spacial score (nSPS) is 26.7. The van der Waals surface area contributed by atoms with Crippen molar-refractivity contribution in [2.24, 2.45) is 0 Å². The van der Waals surface area contributed by atoms with Gasteiger partial charge in [0.15, 0.2) is 0 Å². The second-order valence-corrected chi connectivity index (χ2v) is 3.43. The summed E-state index contributed by atoms with van der Waals surface area (Å²) >= 11 is 0. The van der Waals surface area contributed by atoms with Crippen LogP contribution in [0.1, 0.15) is 19.3 Å². The van der Waals surface area contributed by atoms with Crippen LogP contribution in [0.2, 0.25) is 0 Å². The predicted molar refractivity (Wildman–Crippen MR) is 51.3 cm³/mol. The van der Waals surface area contributed by atoms with Gasteiger partial charge in [0.2, 0.25) is 0 Å². The van der Waals surface area contributed by atoms with Gasteiger partial charge in [0.25, 0.3) is 0 Å². The Bertz CT molecular complexity index is 145. The Morgan fingerprint density at radius 3 is 3.00 bits per heavy atom. The van der Waals surface area contributed by atoms with Crippen molar-refractivity contribution in [2.75, 3.05) is 27.3 Å². The molecule has 0 aliphatic carbocycles. The molecule has 0 unspecified atom stereocenters. The highest BCUT2D eigenvalue weighted by Crippen LogP contribution is 2.15. The van der Waals surface area contributed by atoms with E-state index in [9.17, 15) is 0 Å². The molecule has 0 radical (unpaired) electrons. The minimum Gasteiger partial charge on any atom is -0.381 e. The quantitative estimate of drug-likeness (QED) is 0.596. The van der Waals surface area contributed by atoms with Gasteiger partial charge in [-0.15, -0.1) is 0 Å². The summed E-state index contributed by atoms with van der Waals surface area (Å²) in [4.78, 5) is 2.41. The Balaban J connectivity index is 2.28. The van der Waals surface area contributed by atoms with Gasteiger partial charge in [-0.3, -0.25) is 4.90 Å². The molecular formula is C10H19NO. The zero-order chi connectivity index (χ0) is 8.81. The maximum atomic E-state index is 4.96. The van der Waals surface area contributed by atoms with E-state index in [0.29, 0.717) is 6.04 Å². The third-order valence-electron chi connectivity index (χ3n) is 2.45. The van der Waals surface area contributed by atoms with Crippen molar-refractivity contribution in [1.29, 1.82) is 0 Å². The average molecular weight is 169 g/mol. The maximum Gasteiger partial charge on any atom is 0.0644 e. The standard InChI is InChI=1S/C10H19NO/c1-11-8-4-3-6-10(11)7-5-9-12-2/h5,7,10H,3-4,6,8-9H2,1-2H3/b7-5-/t10-/m0/s1. The van der Waals surface area contributed by atoms with Gasteiger partial charge in [-0.1, -0.05) is 18.6 Å². The number of hydrogen-bond donors (Lipinski definition) is 0. The Hall–Kier alpha value is -0.340. The fraction of sp³-hybridized carbons (Fsp3) is 0.800. The molecule has 0 aromatic heterocycles. The number of methoxy groups -OCH3 is 1. The van der Waals surface area contributed by atoms with Crippen molar-refractivity contribution in [3.05, 3.63) is 12.2 Å². The van der Waals surface area contributed by atoms with E-state index < -0.39 is 0 Å². The fourth-order valence-corrected chi connectivity index (χ4v) is 1.65. The number of hydrogen-bond acceptors (Lipinski definition) is 2. The van der Waals surface area contributed by atoms with Gasteiger partial charge in [0.1, 0.15) is 0 Å². The van der Waals surface area contributed by atoms with E-state index in [1.165, 1.54) is 25.8 Å². The lowest BCUT2D eigenvalue weighted by Gasteiger charge is -2.30. The SMILES string of the molecule is COC/C=C\[C@@H]1CCCCN1C. The molecule has 1 saturated heterocycles. The average Bonchev–Trinajstić information content (AvgIpc) is 2.09. The third-order valence-corrected chi connectivity index (χ3v) is 2.45. The van der Waals surface area contributed by atoms with Crippen molar-refractivity contribution in [3.8, 4) is 0 Å². The summed E-state index contributed by atoms with van der Waals surface area (Å²) in [6, 6.07) is 0.647. The van der Waals surface area contributed by atoms with E-state index in [1.54, 1.807) is 7.11 Å². The molecule has 1 heterocycles. The zero-order valence-electron chi connectivity index (χ0n) is 8.12. The molecule has 70 valence electrons. The number of nitrogens with zero attached hydrogens (tertiary/aromatic N) is 1. The monoisotopic (exact) mass is 169 g/mol. The lowest BCUT2D eigenvalue weighted by atomic mass is 10.0. The lowest BCUT2D eigenvalue weighted by Crippen LogP contribution is -2.34. The second-order valence-electron chi connectivity index (χ2n) is 3.43. The van der Waals surface area contributed by atoms with E-state index in [0.717, 1.165) is 6.61 Å². The molecule has 0 amide bonds. The van der Waals surface area contributed by atoms with E-state index >= 15 is 0 Å². The summed E-state index contributed by atoms with van der Waals surface area (Å²) in [5.74, 6) is 0. The minimum atomic E-state index is 0.647. The molecule has 0 saturated carbocycles. The number of piperidine rings is 1. The molecule has 2 heteroatoms. The molecule has 1 fully saturated rings. The number of ether oxygens (including phenoxy) is 1. The molecule has 0 aromatic rings. The molecule has 1 aliphatic rings. The van der Waals surface area contributed by atoms with Gasteiger partial charge >= 0.3 is 0 Å². The van der Waals surface area contributed by atoms with E-state index in [4.69, 9.17) is 4.74 Å². The fourth-order valence-electron chi connectivity index (χ4n) is 1.65. The number of likely N-dealkylation sites (tertiary alicyclic amines) is 1. The van der Waals surface area contributed by atoms with Crippen LogP contribution in [0.4, 0.5) is 0 Å². The summed E-state index contributed by atoms with van der Waals surface area (Å²) in [5.41, 5.74) is 0. The van der Waals surface area contributed by atoms with E-state index in [1.807, 2.05) is 0 Å². The van der Waals surface area contributed by atoms with Gasteiger partial charge in [0.05, 0.1) is 6.61 Å². The van der Waals surface area contributed by atoms with E-state index in [-0.39, 0.29) is 0 Å². The predicted octanol–water partition coefficient (Wildman–Crippen LogP) is 1.67. The summed E-state index contributed by atoms with van der Waals surface area (Å²) < 4.78 is 4.96. The zero-order valence-corrected chi connectivity index (χ0v) is 8.12. The van der Waals surface area contributed by atoms with Crippen LogP contribution in [0, 0.1) is 0 Å². The first-order chi connectivity index (χ1) is 5.84. The van der Waals surface area contributed by atoms with Crippen LogP contribution < -0.4 is 0 Å². The van der Waals surface area contributed by atoms with Crippen LogP contribution in [0.25, 0.3) is 0 Å². The van der Waals surface area contributed by atoms with Crippen LogP contribution in [0.3, 0.4) is 0 Å². The third kappa shape index (κ3) is 2.95. The lowest BCUT2D eigenvalue weighted by molar-refractivity contribution is 0.215. The largest absolute Gasteiger partial charge is 0.381 e. The van der Waals surface area contributed by atoms with Crippen LogP contribution in [-0.4, -0.2) is 38.3 Å². The molecule has 0 aromatic carbocycles. The van der Waals surface area contributed by atoms with Gasteiger partial charge in [-0.2, -0.15) is 0 Å². The Labute approximate surface area is 75.2 Å². The molecule has 1 aliphatic heterocycles. The van der Waals surface area contributed by atoms with E-state index in [2.05, 4.69) is 24.1 Å². The molecule has 2 nitrogen and oxygen atoms in total. The topological polar surface area (TPSA) is 12.5 Å². The van der Waals surface area contributed by atoms with Crippen molar-refractivity contribution in [3.63, 3.8) is 0 Å². The first-order valence-corrected chi connectivity index (χ1v) is 4.70.